The van der Waals surface area contributed by atoms with Crippen LogP contribution in [0.5, 0.6) is 11.5 Å². The highest BCUT2D eigenvalue weighted by atomic mass is 16.5. The molecule has 0 spiro atoms. The number of amides is 2. The van der Waals surface area contributed by atoms with Gasteiger partial charge in [0.2, 0.25) is 11.8 Å². The van der Waals surface area contributed by atoms with Crippen LogP contribution >= 0.6 is 0 Å². The van der Waals surface area contributed by atoms with Gasteiger partial charge in [-0.2, -0.15) is 0 Å². The molecule has 0 bridgehead atoms. The Kier molecular flexibility index (Phi) is 8.77. The molecule has 25 heavy (non-hydrogen) atoms. The van der Waals surface area contributed by atoms with E-state index in [2.05, 4.69) is 10.2 Å². The second-order valence-electron chi connectivity index (χ2n) is 5.97. The largest absolute Gasteiger partial charge is 0.497 e. The fourth-order valence-corrected chi connectivity index (χ4v) is 2.38. The Morgan fingerprint density at radius 1 is 1.12 bits per heavy atom. The van der Waals surface area contributed by atoms with Crippen LogP contribution in [0.4, 0.5) is 5.69 Å². The molecule has 7 nitrogen and oxygen atoms in total. The van der Waals surface area contributed by atoms with E-state index in [0.29, 0.717) is 23.7 Å². The minimum Gasteiger partial charge on any atom is -0.497 e. The van der Waals surface area contributed by atoms with Crippen molar-refractivity contribution in [2.45, 2.75) is 19.8 Å². The van der Waals surface area contributed by atoms with Gasteiger partial charge in [-0.25, -0.2) is 0 Å². The second kappa shape index (κ2) is 10.6. The normalized spacial score (nSPS) is 10.5. The Bertz CT molecular complexity index is 575. The Morgan fingerprint density at radius 3 is 2.40 bits per heavy atom. The molecular weight excluding hydrogens is 322 g/mol. The third-order valence-corrected chi connectivity index (χ3v) is 3.72. The maximum Gasteiger partial charge on any atom is 0.223 e. The van der Waals surface area contributed by atoms with Gasteiger partial charge in [-0.05, 0) is 39.2 Å². The highest BCUT2D eigenvalue weighted by Gasteiger charge is 2.18. The van der Waals surface area contributed by atoms with Crippen molar-refractivity contribution in [2.24, 2.45) is 0 Å². The number of hydrogen-bond acceptors (Lipinski definition) is 5. The molecule has 1 N–H and O–H groups in total. The number of anilines is 1. The minimum absolute atomic E-state index is 0.0770. The number of hydrogen-bond donors (Lipinski definition) is 1. The van der Waals surface area contributed by atoms with E-state index in [1.165, 1.54) is 11.8 Å². The Morgan fingerprint density at radius 2 is 1.84 bits per heavy atom. The lowest BCUT2D eigenvalue weighted by molar-refractivity contribution is -0.121. The van der Waals surface area contributed by atoms with Crippen LogP contribution < -0.4 is 19.7 Å². The minimum atomic E-state index is -0.160. The second-order valence-corrected chi connectivity index (χ2v) is 5.97. The Labute approximate surface area is 149 Å². The number of benzene rings is 1. The Balaban J connectivity index is 2.69. The summed E-state index contributed by atoms with van der Waals surface area (Å²) in [6.45, 7) is 3.28. The molecule has 0 aliphatic heterocycles. The van der Waals surface area contributed by atoms with Gasteiger partial charge in [-0.15, -0.1) is 0 Å². The summed E-state index contributed by atoms with van der Waals surface area (Å²) in [5.74, 6) is 0.941. The molecule has 1 aromatic carbocycles. The van der Waals surface area contributed by atoms with E-state index >= 15 is 0 Å². The van der Waals surface area contributed by atoms with Gasteiger partial charge in [0.05, 0.1) is 19.9 Å². The van der Waals surface area contributed by atoms with Gasteiger partial charge >= 0.3 is 0 Å². The number of rotatable bonds is 10. The fraction of sp³-hybridized carbons (Fsp3) is 0.556. The molecule has 0 unspecified atom stereocenters. The van der Waals surface area contributed by atoms with Crippen molar-refractivity contribution in [3.05, 3.63) is 18.2 Å². The van der Waals surface area contributed by atoms with Gasteiger partial charge in [-0.1, -0.05) is 0 Å². The molecule has 0 aliphatic carbocycles. The SMILES string of the molecule is COc1ccc(OC)c(N(CCC(=O)NCCCN(C)C)C(C)=O)c1. The van der Waals surface area contributed by atoms with Crippen molar-refractivity contribution in [1.82, 2.24) is 10.2 Å². The summed E-state index contributed by atoms with van der Waals surface area (Å²) in [4.78, 5) is 27.7. The molecule has 0 saturated carbocycles. The van der Waals surface area contributed by atoms with Crippen LogP contribution in [0.3, 0.4) is 0 Å². The van der Waals surface area contributed by atoms with Crippen molar-refractivity contribution in [2.75, 3.05) is 52.8 Å². The van der Waals surface area contributed by atoms with Crippen molar-refractivity contribution in [1.29, 1.82) is 0 Å². The molecule has 140 valence electrons. The number of ether oxygens (including phenoxy) is 2. The summed E-state index contributed by atoms with van der Waals surface area (Å²) in [6.07, 6.45) is 1.11. The fourth-order valence-electron chi connectivity index (χ4n) is 2.38. The van der Waals surface area contributed by atoms with Crippen LogP contribution in [0.2, 0.25) is 0 Å². The quantitative estimate of drug-likeness (QED) is 0.647. The predicted molar refractivity (Wildman–Crippen MR) is 98.4 cm³/mol. The van der Waals surface area contributed by atoms with Crippen LogP contribution in [0.25, 0.3) is 0 Å². The smallest absolute Gasteiger partial charge is 0.223 e. The van der Waals surface area contributed by atoms with Crippen molar-refractivity contribution >= 4 is 17.5 Å². The summed E-state index contributed by atoms with van der Waals surface area (Å²) in [5, 5.41) is 2.88. The van der Waals surface area contributed by atoms with Gasteiger partial charge in [0.25, 0.3) is 0 Å². The third kappa shape index (κ3) is 7.01. The van der Waals surface area contributed by atoms with Gasteiger partial charge in [0.1, 0.15) is 11.5 Å². The monoisotopic (exact) mass is 351 g/mol. The van der Waals surface area contributed by atoms with Crippen LogP contribution in [0.1, 0.15) is 19.8 Å². The lowest BCUT2D eigenvalue weighted by atomic mass is 10.2. The highest BCUT2D eigenvalue weighted by molar-refractivity contribution is 5.94. The van der Waals surface area contributed by atoms with Gasteiger partial charge < -0.3 is 24.6 Å². The summed E-state index contributed by atoms with van der Waals surface area (Å²) in [6, 6.07) is 5.23. The number of methoxy groups -OCH3 is 2. The summed E-state index contributed by atoms with van der Waals surface area (Å²) < 4.78 is 10.5. The molecule has 0 heterocycles. The predicted octanol–water partition coefficient (Wildman–Crippen LogP) is 1.51. The molecule has 0 saturated heterocycles. The summed E-state index contributed by atoms with van der Waals surface area (Å²) in [5.41, 5.74) is 0.592. The molecule has 2 amide bonds. The van der Waals surface area contributed by atoms with Crippen LogP contribution in [0.15, 0.2) is 18.2 Å². The molecule has 0 fully saturated rings. The van der Waals surface area contributed by atoms with E-state index in [0.717, 1.165) is 13.0 Å². The molecular formula is C18H29N3O4. The standard InChI is InChI=1S/C18H29N3O4/c1-14(22)21(12-9-18(23)19-10-6-11-20(2)3)16-13-15(24-4)7-8-17(16)25-5/h7-8,13H,6,9-12H2,1-5H3,(H,19,23). The van der Waals surface area contributed by atoms with E-state index in [9.17, 15) is 9.59 Å². The summed E-state index contributed by atoms with van der Waals surface area (Å²) in [7, 11) is 7.09. The maximum atomic E-state index is 12.1. The van der Waals surface area contributed by atoms with E-state index < -0.39 is 0 Å². The maximum absolute atomic E-state index is 12.1. The number of carbonyl (C=O) groups is 2. The first-order chi connectivity index (χ1) is 11.9. The topological polar surface area (TPSA) is 71.1 Å². The van der Waals surface area contributed by atoms with Gasteiger partial charge in [0, 0.05) is 32.5 Å². The van der Waals surface area contributed by atoms with Crippen molar-refractivity contribution < 1.29 is 19.1 Å². The molecule has 0 aliphatic rings. The first-order valence-corrected chi connectivity index (χ1v) is 8.30. The molecule has 0 aromatic heterocycles. The number of nitrogens with zero attached hydrogens (tertiary/aromatic N) is 2. The lowest BCUT2D eigenvalue weighted by Crippen LogP contribution is -2.34. The van der Waals surface area contributed by atoms with Gasteiger partial charge in [0.15, 0.2) is 0 Å². The first-order valence-electron chi connectivity index (χ1n) is 8.30. The van der Waals surface area contributed by atoms with Crippen LogP contribution in [-0.2, 0) is 9.59 Å². The van der Waals surface area contributed by atoms with Crippen molar-refractivity contribution in [3.8, 4) is 11.5 Å². The van der Waals surface area contributed by atoms with E-state index in [1.807, 2.05) is 14.1 Å². The van der Waals surface area contributed by atoms with E-state index in [-0.39, 0.29) is 24.8 Å². The average molecular weight is 351 g/mol. The lowest BCUT2D eigenvalue weighted by Gasteiger charge is -2.23. The van der Waals surface area contributed by atoms with Gasteiger partial charge in [-0.3, -0.25) is 9.59 Å². The van der Waals surface area contributed by atoms with Crippen LogP contribution in [-0.4, -0.2) is 64.7 Å². The Hall–Kier alpha value is -2.28. The molecule has 0 radical (unpaired) electrons. The molecule has 0 atom stereocenters. The molecule has 1 aromatic rings. The zero-order valence-corrected chi connectivity index (χ0v) is 15.8. The van der Waals surface area contributed by atoms with Crippen LogP contribution in [0, 0.1) is 0 Å². The average Bonchev–Trinajstić information content (AvgIpc) is 2.58. The van der Waals surface area contributed by atoms with E-state index in [4.69, 9.17) is 9.47 Å². The number of carbonyl (C=O) groups excluding carboxylic acids is 2. The number of nitrogens with one attached hydrogen (secondary N) is 1. The zero-order chi connectivity index (χ0) is 18.8. The van der Waals surface area contributed by atoms with E-state index in [1.54, 1.807) is 32.4 Å². The zero-order valence-electron chi connectivity index (χ0n) is 15.8. The van der Waals surface area contributed by atoms with Crippen molar-refractivity contribution in [3.63, 3.8) is 0 Å². The molecule has 7 heteroatoms. The molecule has 1 rings (SSSR count). The first kappa shape index (κ1) is 20.8. The third-order valence-electron chi connectivity index (χ3n) is 3.72. The highest BCUT2D eigenvalue weighted by Crippen LogP contribution is 2.32. The summed E-state index contributed by atoms with van der Waals surface area (Å²) >= 11 is 0.